The van der Waals surface area contributed by atoms with Gasteiger partial charge in [-0.3, -0.25) is 0 Å². The van der Waals surface area contributed by atoms with Gasteiger partial charge in [0.25, 0.3) is 0 Å². The first-order chi connectivity index (χ1) is 6.74. The largest absolute Gasteiger partial charge is 0.337 e. The molecule has 0 radical (unpaired) electrons. The lowest BCUT2D eigenvalue weighted by molar-refractivity contribution is 0.627. The minimum absolute atomic E-state index is 0. The second-order valence-electron chi connectivity index (χ2n) is 3.07. The zero-order valence-corrected chi connectivity index (χ0v) is 8.20. The Labute approximate surface area is 88.8 Å². The van der Waals surface area contributed by atoms with Gasteiger partial charge in [0.05, 0.1) is 0 Å². The Bertz CT molecular complexity index is 478. The fourth-order valence-corrected chi connectivity index (χ4v) is 1.48. The molecular weight excluding hydrogens is 199 g/mol. The molecule has 2 nitrogen and oxygen atoms in total. The Morgan fingerprint density at radius 3 is 2.57 bits per heavy atom. The van der Waals surface area contributed by atoms with Crippen LogP contribution in [-0.4, -0.2) is 9.97 Å². The van der Waals surface area contributed by atoms with E-state index in [1.807, 2.05) is 6.20 Å². The van der Waals surface area contributed by atoms with Gasteiger partial charge >= 0.3 is 0 Å². The van der Waals surface area contributed by atoms with Crippen LogP contribution in [-0.2, 0) is 6.42 Å². The SMILES string of the molecule is Fc1ccc(Cc2c[nH]c(=S)[nH]2)cc1.[HH].[HH]. The van der Waals surface area contributed by atoms with E-state index >= 15 is 0 Å². The van der Waals surface area contributed by atoms with Gasteiger partial charge in [-0.25, -0.2) is 4.39 Å². The van der Waals surface area contributed by atoms with Gasteiger partial charge in [0.15, 0.2) is 4.77 Å². The number of H-pyrrole nitrogens is 2. The highest BCUT2D eigenvalue weighted by Crippen LogP contribution is 2.07. The number of benzene rings is 1. The number of halogens is 1. The maximum absolute atomic E-state index is 12.6. The van der Waals surface area contributed by atoms with Crippen LogP contribution in [0.4, 0.5) is 4.39 Å². The summed E-state index contributed by atoms with van der Waals surface area (Å²) in [6.07, 6.45) is 2.55. The Kier molecular flexibility index (Phi) is 2.45. The average Bonchev–Trinajstić information content (AvgIpc) is 2.56. The molecule has 0 saturated carbocycles. The van der Waals surface area contributed by atoms with Crippen molar-refractivity contribution in [3.05, 3.63) is 52.3 Å². The molecule has 0 bridgehead atoms. The summed E-state index contributed by atoms with van der Waals surface area (Å²) in [4.78, 5) is 5.89. The quantitative estimate of drug-likeness (QED) is 0.735. The summed E-state index contributed by atoms with van der Waals surface area (Å²) in [7, 11) is 0. The van der Waals surface area contributed by atoms with E-state index in [9.17, 15) is 4.39 Å². The number of imidazole rings is 1. The van der Waals surface area contributed by atoms with Crippen LogP contribution < -0.4 is 0 Å². The van der Waals surface area contributed by atoms with E-state index in [2.05, 4.69) is 9.97 Å². The van der Waals surface area contributed by atoms with Crippen molar-refractivity contribution in [2.75, 3.05) is 0 Å². The molecule has 0 fully saturated rings. The van der Waals surface area contributed by atoms with Crippen molar-refractivity contribution >= 4 is 12.2 Å². The lowest BCUT2D eigenvalue weighted by Crippen LogP contribution is -1.88. The first-order valence-electron chi connectivity index (χ1n) is 4.25. The molecule has 1 aromatic heterocycles. The smallest absolute Gasteiger partial charge is 0.174 e. The molecule has 2 aromatic rings. The average molecular weight is 212 g/mol. The number of hydrogen-bond donors (Lipinski definition) is 2. The van der Waals surface area contributed by atoms with Crippen LogP contribution in [0.2, 0.25) is 0 Å². The van der Waals surface area contributed by atoms with Crippen LogP contribution in [0.15, 0.2) is 30.5 Å². The number of rotatable bonds is 2. The molecule has 0 aliphatic heterocycles. The first-order valence-corrected chi connectivity index (χ1v) is 4.66. The summed E-state index contributed by atoms with van der Waals surface area (Å²) < 4.78 is 13.2. The third-order valence-corrected chi connectivity index (χ3v) is 2.18. The summed E-state index contributed by atoms with van der Waals surface area (Å²) in [5, 5.41) is 0. The maximum Gasteiger partial charge on any atom is 0.174 e. The molecule has 1 heterocycles. The second-order valence-corrected chi connectivity index (χ2v) is 3.48. The predicted molar refractivity (Wildman–Crippen MR) is 59.4 cm³/mol. The molecule has 0 aliphatic rings. The van der Waals surface area contributed by atoms with Gasteiger partial charge in [-0.2, -0.15) is 0 Å². The standard InChI is InChI=1S/C10H9FN2S.2H2/c11-8-3-1-7(2-4-8)5-9-6-12-10(14)13-9;;/h1-4,6H,5H2,(H2,12,13,14);2*1H. The van der Waals surface area contributed by atoms with Crippen LogP contribution in [0.5, 0.6) is 0 Å². The topological polar surface area (TPSA) is 31.6 Å². The van der Waals surface area contributed by atoms with Crippen molar-refractivity contribution in [3.63, 3.8) is 0 Å². The molecule has 2 N–H and O–H groups in total. The molecule has 0 atom stereocenters. The molecule has 76 valence electrons. The van der Waals surface area contributed by atoms with Crippen molar-refractivity contribution < 1.29 is 7.24 Å². The fraction of sp³-hybridized carbons (Fsp3) is 0.100. The Hall–Kier alpha value is -1.42. The van der Waals surface area contributed by atoms with Crippen molar-refractivity contribution in [2.45, 2.75) is 6.42 Å². The van der Waals surface area contributed by atoms with Crippen molar-refractivity contribution in [2.24, 2.45) is 0 Å². The lowest BCUT2D eigenvalue weighted by Gasteiger charge is -1.97. The summed E-state index contributed by atoms with van der Waals surface area (Å²) >= 11 is 4.90. The number of nitrogens with one attached hydrogen (secondary N) is 2. The molecular formula is C10H13FN2S. The van der Waals surface area contributed by atoms with Gasteiger partial charge in [-0.1, -0.05) is 12.1 Å². The summed E-state index contributed by atoms with van der Waals surface area (Å²) in [5.41, 5.74) is 2.05. The minimum atomic E-state index is -0.212. The zero-order chi connectivity index (χ0) is 9.97. The van der Waals surface area contributed by atoms with E-state index in [4.69, 9.17) is 12.2 Å². The second kappa shape index (κ2) is 3.75. The predicted octanol–water partition coefficient (Wildman–Crippen LogP) is 3.29. The third-order valence-electron chi connectivity index (χ3n) is 1.96. The lowest BCUT2D eigenvalue weighted by atomic mass is 10.1. The van der Waals surface area contributed by atoms with Gasteiger partial charge in [0.1, 0.15) is 5.82 Å². The third kappa shape index (κ3) is 2.09. The molecule has 1 aromatic carbocycles. The molecule has 0 amide bonds. The highest BCUT2D eigenvalue weighted by molar-refractivity contribution is 7.71. The van der Waals surface area contributed by atoms with Crippen LogP contribution >= 0.6 is 12.2 Å². The molecule has 2 rings (SSSR count). The zero-order valence-electron chi connectivity index (χ0n) is 7.38. The van der Waals surface area contributed by atoms with Gasteiger partial charge < -0.3 is 9.97 Å². The summed E-state index contributed by atoms with van der Waals surface area (Å²) in [5.74, 6) is -0.212. The number of aromatic amines is 2. The van der Waals surface area contributed by atoms with Gasteiger partial charge in [0.2, 0.25) is 0 Å². The summed E-state index contributed by atoms with van der Waals surface area (Å²) in [6, 6.07) is 6.44. The van der Waals surface area contributed by atoms with Crippen LogP contribution in [0.3, 0.4) is 0 Å². The van der Waals surface area contributed by atoms with Crippen LogP contribution in [0, 0.1) is 10.6 Å². The van der Waals surface area contributed by atoms with E-state index in [0.29, 0.717) is 4.77 Å². The molecule has 4 heteroatoms. The van der Waals surface area contributed by atoms with Crippen molar-refractivity contribution in [1.82, 2.24) is 9.97 Å². The van der Waals surface area contributed by atoms with Crippen molar-refractivity contribution in [1.29, 1.82) is 0 Å². The highest BCUT2D eigenvalue weighted by atomic mass is 32.1. The normalized spacial score (nSPS) is 10.4. The molecule has 0 aliphatic carbocycles. The minimum Gasteiger partial charge on any atom is -0.337 e. The van der Waals surface area contributed by atoms with E-state index in [0.717, 1.165) is 17.7 Å². The van der Waals surface area contributed by atoms with Crippen molar-refractivity contribution in [3.8, 4) is 0 Å². The number of hydrogen-bond acceptors (Lipinski definition) is 1. The highest BCUT2D eigenvalue weighted by Gasteiger charge is 1.97. The van der Waals surface area contributed by atoms with Gasteiger partial charge in [-0.15, -0.1) is 0 Å². The van der Waals surface area contributed by atoms with Crippen LogP contribution in [0.1, 0.15) is 14.1 Å². The Morgan fingerprint density at radius 1 is 1.29 bits per heavy atom. The fourth-order valence-electron chi connectivity index (χ4n) is 1.29. The van der Waals surface area contributed by atoms with Crippen LogP contribution in [0.25, 0.3) is 0 Å². The Morgan fingerprint density at radius 2 is 2.00 bits per heavy atom. The summed E-state index contributed by atoms with van der Waals surface area (Å²) in [6.45, 7) is 0. The van der Waals surface area contributed by atoms with E-state index in [1.54, 1.807) is 12.1 Å². The van der Waals surface area contributed by atoms with Gasteiger partial charge in [0, 0.05) is 21.2 Å². The molecule has 14 heavy (non-hydrogen) atoms. The molecule has 0 saturated heterocycles. The Balaban J connectivity index is 0.00000112. The molecule has 0 unspecified atom stereocenters. The van der Waals surface area contributed by atoms with E-state index in [1.165, 1.54) is 12.1 Å². The first kappa shape index (κ1) is 9.15. The van der Waals surface area contributed by atoms with E-state index in [-0.39, 0.29) is 8.67 Å². The monoisotopic (exact) mass is 212 g/mol. The van der Waals surface area contributed by atoms with Gasteiger partial charge in [-0.05, 0) is 29.9 Å². The number of aromatic nitrogens is 2. The maximum atomic E-state index is 12.6. The van der Waals surface area contributed by atoms with E-state index < -0.39 is 0 Å². The molecule has 0 spiro atoms.